The minimum Gasteiger partial charge on any atom is -0.303 e. The van der Waals surface area contributed by atoms with Crippen LogP contribution in [-0.2, 0) is 11.8 Å². The van der Waals surface area contributed by atoms with Gasteiger partial charge in [-0.2, -0.15) is 5.10 Å². The van der Waals surface area contributed by atoms with Crippen LogP contribution in [0.1, 0.15) is 18.5 Å². The molecule has 1 atom stereocenters. The van der Waals surface area contributed by atoms with E-state index in [-0.39, 0.29) is 5.92 Å². The number of hydrogen-bond donors (Lipinski definition) is 0. The van der Waals surface area contributed by atoms with E-state index in [1.165, 1.54) is 0 Å². The molecule has 0 aliphatic carbocycles. The lowest BCUT2D eigenvalue weighted by Gasteiger charge is -2.04. The molecule has 1 aromatic carbocycles. The molecule has 1 unspecified atom stereocenters. The first-order valence-corrected chi connectivity index (χ1v) is 4.61. The monoisotopic (exact) mass is 188 g/mol. The van der Waals surface area contributed by atoms with Gasteiger partial charge in [-0.25, -0.2) is 0 Å². The summed E-state index contributed by atoms with van der Waals surface area (Å²) < 4.78 is 1.78. The van der Waals surface area contributed by atoms with Gasteiger partial charge in [0, 0.05) is 12.4 Å². The summed E-state index contributed by atoms with van der Waals surface area (Å²) in [5, 5.41) is 5.40. The summed E-state index contributed by atoms with van der Waals surface area (Å²) in [4.78, 5) is 10.8. The maximum absolute atomic E-state index is 10.8. The molecule has 72 valence electrons. The largest absolute Gasteiger partial charge is 0.303 e. The van der Waals surface area contributed by atoms with Crippen molar-refractivity contribution in [3.63, 3.8) is 0 Å². The molecule has 1 aromatic heterocycles. The van der Waals surface area contributed by atoms with E-state index < -0.39 is 0 Å². The smallest absolute Gasteiger partial charge is 0.128 e. The average Bonchev–Trinajstić information content (AvgIpc) is 2.53. The molecular weight excluding hydrogens is 176 g/mol. The number of benzene rings is 1. The second-order valence-electron chi connectivity index (χ2n) is 3.45. The molecule has 0 amide bonds. The Morgan fingerprint density at radius 3 is 2.86 bits per heavy atom. The molecule has 2 aromatic rings. The highest BCUT2D eigenvalue weighted by Crippen LogP contribution is 2.23. The van der Waals surface area contributed by atoms with Gasteiger partial charge in [-0.3, -0.25) is 4.68 Å². The van der Waals surface area contributed by atoms with Gasteiger partial charge in [-0.1, -0.05) is 25.1 Å². The van der Waals surface area contributed by atoms with Crippen molar-refractivity contribution in [2.45, 2.75) is 12.8 Å². The van der Waals surface area contributed by atoms with E-state index >= 15 is 0 Å². The Kier molecular flexibility index (Phi) is 2.08. The van der Waals surface area contributed by atoms with Crippen molar-refractivity contribution in [2.75, 3.05) is 0 Å². The van der Waals surface area contributed by atoms with Crippen LogP contribution in [0.4, 0.5) is 0 Å². The lowest BCUT2D eigenvalue weighted by Crippen LogP contribution is -2.03. The fourth-order valence-electron chi connectivity index (χ4n) is 1.77. The number of carbonyl (C=O) groups excluding carboxylic acids is 1. The third-order valence-corrected chi connectivity index (χ3v) is 2.42. The first kappa shape index (κ1) is 8.94. The van der Waals surface area contributed by atoms with E-state index in [9.17, 15) is 4.79 Å². The van der Waals surface area contributed by atoms with Crippen LogP contribution in [0.25, 0.3) is 10.9 Å². The lowest BCUT2D eigenvalue weighted by molar-refractivity contribution is -0.108. The molecule has 2 rings (SSSR count). The third kappa shape index (κ3) is 1.21. The van der Waals surface area contributed by atoms with Crippen LogP contribution in [0.3, 0.4) is 0 Å². The Bertz CT molecular complexity index is 473. The van der Waals surface area contributed by atoms with Gasteiger partial charge < -0.3 is 4.79 Å². The van der Waals surface area contributed by atoms with E-state index in [0.29, 0.717) is 0 Å². The van der Waals surface area contributed by atoms with Crippen LogP contribution in [-0.4, -0.2) is 16.1 Å². The minimum absolute atomic E-state index is 0.104. The number of hydrogen-bond acceptors (Lipinski definition) is 2. The molecule has 0 N–H and O–H groups in total. The topological polar surface area (TPSA) is 34.9 Å². The first-order chi connectivity index (χ1) is 6.74. The van der Waals surface area contributed by atoms with Gasteiger partial charge >= 0.3 is 0 Å². The molecule has 0 aliphatic rings. The highest BCUT2D eigenvalue weighted by molar-refractivity contribution is 5.84. The van der Waals surface area contributed by atoms with Crippen LogP contribution in [0, 0.1) is 0 Å². The zero-order chi connectivity index (χ0) is 10.1. The molecule has 0 saturated heterocycles. The summed E-state index contributed by atoms with van der Waals surface area (Å²) in [7, 11) is 1.87. The van der Waals surface area contributed by atoms with Gasteiger partial charge in [0.25, 0.3) is 0 Å². The Hall–Kier alpha value is -1.64. The molecule has 0 radical (unpaired) electrons. The maximum Gasteiger partial charge on any atom is 0.128 e. The quantitative estimate of drug-likeness (QED) is 0.674. The highest BCUT2D eigenvalue weighted by Gasteiger charge is 2.13. The van der Waals surface area contributed by atoms with E-state index in [1.807, 2.05) is 38.2 Å². The zero-order valence-corrected chi connectivity index (χ0v) is 8.27. The molecule has 0 fully saturated rings. The van der Waals surface area contributed by atoms with Gasteiger partial charge in [0.1, 0.15) is 6.29 Å². The van der Waals surface area contributed by atoms with Crippen molar-refractivity contribution in [3.05, 3.63) is 30.0 Å². The van der Waals surface area contributed by atoms with Gasteiger partial charge in [0.2, 0.25) is 0 Å². The second-order valence-corrected chi connectivity index (χ2v) is 3.45. The number of fused-ring (bicyclic) bond motifs is 1. The summed E-state index contributed by atoms with van der Waals surface area (Å²) in [6.07, 6.45) is 0.948. The molecule has 1 heterocycles. The standard InChI is InChI=1S/C11H12N2O/c1-8(7-14)11-9-5-3-4-6-10(9)12-13(11)2/h3-8H,1-2H3. The Balaban J connectivity index is 2.73. The molecule has 14 heavy (non-hydrogen) atoms. The summed E-state index contributed by atoms with van der Waals surface area (Å²) in [5.41, 5.74) is 1.93. The first-order valence-electron chi connectivity index (χ1n) is 4.61. The fraction of sp³-hybridized carbons (Fsp3) is 0.273. The van der Waals surface area contributed by atoms with E-state index in [4.69, 9.17) is 0 Å². The molecule has 3 nitrogen and oxygen atoms in total. The van der Waals surface area contributed by atoms with Crippen molar-refractivity contribution in [3.8, 4) is 0 Å². The number of nitrogens with zero attached hydrogens (tertiary/aromatic N) is 2. The van der Waals surface area contributed by atoms with Gasteiger partial charge in [0.05, 0.1) is 17.1 Å². The average molecular weight is 188 g/mol. The molecule has 0 spiro atoms. The van der Waals surface area contributed by atoms with Gasteiger partial charge in [0.15, 0.2) is 0 Å². The van der Waals surface area contributed by atoms with Crippen LogP contribution < -0.4 is 0 Å². The molecule has 0 bridgehead atoms. The molecule has 0 saturated carbocycles. The maximum atomic E-state index is 10.8. The zero-order valence-electron chi connectivity index (χ0n) is 8.27. The Labute approximate surface area is 82.3 Å². The number of rotatable bonds is 2. The van der Waals surface area contributed by atoms with Crippen molar-refractivity contribution in [2.24, 2.45) is 7.05 Å². The van der Waals surface area contributed by atoms with Crippen molar-refractivity contribution >= 4 is 17.2 Å². The van der Waals surface area contributed by atoms with Crippen molar-refractivity contribution in [1.82, 2.24) is 9.78 Å². The third-order valence-electron chi connectivity index (χ3n) is 2.42. The number of aryl methyl sites for hydroxylation is 1. The molecular formula is C11H12N2O. The van der Waals surface area contributed by atoms with Gasteiger partial charge in [-0.05, 0) is 6.07 Å². The number of aldehydes is 1. The second kappa shape index (κ2) is 3.25. The van der Waals surface area contributed by atoms with E-state index in [2.05, 4.69) is 5.10 Å². The predicted octanol–water partition coefficient (Wildman–Crippen LogP) is 1.88. The van der Waals surface area contributed by atoms with Crippen LogP contribution in [0.5, 0.6) is 0 Å². The lowest BCUT2D eigenvalue weighted by atomic mass is 10.1. The Morgan fingerprint density at radius 1 is 1.43 bits per heavy atom. The van der Waals surface area contributed by atoms with E-state index in [1.54, 1.807) is 4.68 Å². The molecule has 0 aliphatic heterocycles. The summed E-state index contributed by atoms with van der Waals surface area (Å²) in [6.45, 7) is 1.89. The predicted molar refractivity (Wildman–Crippen MR) is 55.2 cm³/mol. The number of aromatic nitrogens is 2. The summed E-state index contributed by atoms with van der Waals surface area (Å²) in [6, 6.07) is 7.86. The Morgan fingerprint density at radius 2 is 2.14 bits per heavy atom. The van der Waals surface area contributed by atoms with E-state index in [0.717, 1.165) is 22.9 Å². The summed E-state index contributed by atoms with van der Waals surface area (Å²) >= 11 is 0. The van der Waals surface area contributed by atoms with Crippen molar-refractivity contribution in [1.29, 1.82) is 0 Å². The normalized spacial score (nSPS) is 13.0. The number of carbonyl (C=O) groups is 1. The van der Waals surface area contributed by atoms with Crippen LogP contribution in [0.2, 0.25) is 0 Å². The van der Waals surface area contributed by atoms with Crippen LogP contribution >= 0.6 is 0 Å². The fourth-order valence-corrected chi connectivity index (χ4v) is 1.77. The van der Waals surface area contributed by atoms with Gasteiger partial charge in [-0.15, -0.1) is 0 Å². The SMILES string of the molecule is CC(C=O)c1c2ccccc2nn1C. The minimum atomic E-state index is -0.104. The van der Waals surface area contributed by atoms with Crippen LogP contribution in [0.15, 0.2) is 24.3 Å². The molecule has 3 heteroatoms. The highest BCUT2D eigenvalue weighted by atomic mass is 16.1. The van der Waals surface area contributed by atoms with Crippen molar-refractivity contribution < 1.29 is 4.79 Å². The summed E-state index contributed by atoms with van der Waals surface area (Å²) in [5.74, 6) is -0.104.